The third-order valence-electron chi connectivity index (χ3n) is 1.12. The van der Waals surface area contributed by atoms with Crippen molar-refractivity contribution in [2.24, 2.45) is 0 Å². The predicted molar refractivity (Wildman–Crippen MR) is 39.0 cm³/mol. The Bertz CT molecular complexity index is 365. The Morgan fingerprint density at radius 2 is 1.92 bits per heavy atom. The van der Waals surface area contributed by atoms with E-state index in [1.165, 1.54) is 18.2 Å². The number of rotatable bonds is 1. The molecule has 0 amide bonds. The fraction of sp³-hybridized carbons (Fsp3) is 0. The molecule has 0 heterocycles. The smallest absolute Gasteiger partial charge is 1.00 e. The Morgan fingerprint density at radius 3 is 2.25 bits per heavy atom. The molecule has 0 radical (unpaired) electrons. The van der Waals surface area contributed by atoms with Crippen molar-refractivity contribution in [3.05, 3.63) is 24.3 Å². The van der Waals surface area contributed by atoms with Crippen LogP contribution in [0.5, 0.6) is 5.75 Å². The number of phenols is 1. The van der Waals surface area contributed by atoms with E-state index in [9.17, 15) is 8.42 Å². The van der Waals surface area contributed by atoms with E-state index >= 15 is 0 Å². The molecule has 1 rings (SSSR count). The zero-order valence-corrected chi connectivity index (χ0v) is 7.25. The molecule has 62 valence electrons. The first-order valence-electron chi connectivity index (χ1n) is 2.77. The standard InChI is InChI=1S/C6H6O4S.Li.H/c7-5-2-1-3-6(4-5)11(8,9)10;;/h1-4,7H,(H,8,9,10);;/q;+1;-1. The Balaban J connectivity index is 0. The van der Waals surface area contributed by atoms with Gasteiger partial charge in [-0.15, -0.1) is 0 Å². The molecule has 0 aliphatic carbocycles. The fourth-order valence-electron chi connectivity index (χ4n) is 0.644. The van der Waals surface area contributed by atoms with Gasteiger partial charge in [0.05, 0.1) is 4.90 Å². The summed E-state index contributed by atoms with van der Waals surface area (Å²) in [5.41, 5.74) is 0. The van der Waals surface area contributed by atoms with Crippen LogP contribution in [0.15, 0.2) is 29.2 Å². The average molecular weight is 182 g/mol. The summed E-state index contributed by atoms with van der Waals surface area (Å²) in [7, 11) is -4.19. The Kier molecular flexibility index (Phi) is 3.81. The van der Waals surface area contributed by atoms with Crippen LogP contribution >= 0.6 is 0 Å². The fourth-order valence-corrected chi connectivity index (χ4v) is 1.16. The van der Waals surface area contributed by atoms with E-state index in [1.54, 1.807) is 0 Å². The van der Waals surface area contributed by atoms with Gasteiger partial charge in [0.2, 0.25) is 0 Å². The molecule has 0 bridgehead atoms. The van der Waals surface area contributed by atoms with Crippen molar-refractivity contribution in [2.75, 3.05) is 0 Å². The molecule has 1 aromatic carbocycles. The van der Waals surface area contributed by atoms with Gasteiger partial charge in [-0.05, 0) is 12.1 Å². The molecule has 4 nitrogen and oxygen atoms in total. The maximum absolute atomic E-state index is 10.4. The van der Waals surface area contributed by atoms with Crippen LogP contribution in [0.2, 0.25) is 0 Å². The van der Waals surface area contributed by atoms with Crippen molar-refractivity contribution < 1.29 is 38.4 Å². The summed E-state index contributed by atoms with van der Waals surface area (Å²) in [5.74, 6) is -0.194. The zero-order valence-electron chi connectivity index (χ0n) is 7.43. The van der Waals surface area contributed by atoms with Crippen molar-refractivity contribution in [1.82, 2.24) is 0 Å². The molecule has 0 spiro atoms. The Morgan fingerprint density at radius 1 is 1.33 bits per heavy atom. The zero-order chi connectivity index (χ0) is 8.48. The van der Waals surface area contributed by atoms with E-state index in [4.69, 9.17) is 9.66 Å². The van der Waals surface area contributed by atoms with Crippen LogP contribution < -0.4 is 18.9 Å². The summed E-state index contributed by atoms with van der Waals surface area (Å²) in [6.07, 6.45) is 0. The van der Waals surface area contributed by atoms with E-state index in [0.29, 0.717) is 0 Å². The molecule has 2 N–H and O–H groups in total. The number of phenolic OH excluding ortho intramolecular Hbond substituents is 1. The Labute approximate surface area is 83.6 Å². The van der Waals surface area contributed by atoms with Gasteiger partial charge >= 0.3 is 18.9 Å². The van der Waals surface area contributed by atoms with Crippen LogP contribution in [0.1, 0.15) is 1.43 Å². The van der Waals surface area contributed by atoms with E-state index in [-0.39, 0.29) is 30.9 Å². The molecule has 0 unspecified atom stereocenters. The van der Waals surface area contributed by atoms with Gasteiger partial charge in [0.25, 0.3) is 10.1 Å². The quantitative estimate of drug-likeness (QED) is 0.380. The number of benzene rings is 1. The number of hydrogen-bond donors (Lipinski definition) is 2. The van der Waals surface area contributed by atoms with Crippen LogP contribution in [0.4, 0.5) is 0 Å². The van der Waals surface area contributed by atoms with Gasteiger partial charge in [-0.2, -0.15) is 8.42 Å². The first-order valence-corrected chi connectivity index (χ1v) is 4.21. The first kappa shape index (κ1) is 11.5. The average Bonchev–Trinajstić information content (AvgIpc) is 1.86. The van der Waals surface area contributed by atoms with E-state index in [0.717, 1.165) is 6.07 Å². The molecule has 0 saturated heterocycles. The summed E-state index contributed by atoms with van der Waals surface area (Å²) < 4.78 is 29.3. The van der Waals surface area contributed by atoms with Crippen LogP contribution in [0, 0.1) is 0 Å². The molecule has 0 aliphatic heterocycles. The summed E-state index contributed by atoms with van der Waals surface area (Å²) >= 11 is 0. The SMILES string of the molecule is O=S(=O)(O)c1cccc(O)c1.[H-].[Li+]. The van der Waals surface area contributed by atoms with E-state index in [2.05, 4.69) is 0 Å². The van der Waals surface area contributed by atoms with Crippen molar-refractivity contribution >= 4 is 10.1 Å². The first-order chi connectivity index (χ1) is 5.00. The summed E-state index contributed by atoms with van der Waals surface area (Å²) in [4.78, 5) is -0.308. The van der Waals surface area contributed by atoms with Gasteiger partial charge in [0.1, 0.15) is 5.75 Å². The molecule has 0 aromatic heterocycles. The van der Waals surface area contributed by atoms with E-state index in [1.807, 2.05) is 0 Å². The van der Waals surface area contributed by atoms with Gasteiger partial charge in [-0.25, -0.2) is 0 Å². The topological polar surface area (TPSA) is 74.6 Å². The number of aromatic hydroxyl groups is 1. The van der Waals surface area contributed by atoms with Crippen LogP contribution in [-0.4, -0.2) is 18.1 Å². The van der Waals surface area contributed by atoms with Gasteiger partial charge in [0.15, 0.2) is 0 Å². The number of hydrogen-bond acceptors (Lipinski definition) is 3. The molecule has 6 heteroatoms. The predicted octanol–water partition coefficient (Wildman–Crippen LogP) is -2.24. The van der Waals surface area contributed by atoms with Crippen molar-refractivity contribution in [1.29, 1.82) is 0 Å². The molecule has 12 heavy (non-hydrogen) atoms. The molecule has 0 atom stereocenters. The van der Waals surface area contributed by atoms with Crippen LogP contribution in [0.3, 0.4) is 0 Å². The third-order valence-corrected chi connectivity index (χ3v) is 1.97. The normalized spacial score (nSPS) is 10.4. The van der Waals surface area contributed by atoms with Gasteiger partial charge in [-0.3, -0.25) is 4.55 Å². The van der Waals surface area contributed by atoms with Gasteiger partial charge in [-0.1, -0.05) is 6.07 Å². The maximum Gasteiger partial charge on any atom is 1.00 e. The monoisotopic (exact) mass is 182 g/mol. The molecule has 0 fully saturated rings. The second-order valence-corrected chi connectivity index (χ2v) is 3.39. The minimum atomic E-state index is -4.19. The third kappa shape index (κ3) is 2.87. The molecule has 1 aromatic rings. The molecular formula is C6H7LiO4S. The Hall–Kier alpha value is -0.473. The van der Waals surface area contributed by atoms with Crippen molar-refractivity contribution in [3.63, 3.8) is 0 Å². The second kappa shape index (κ2) is 3.96. The van der Waals surface area contributed by atoms with Crippen molar-refractivity contribution in [3.8, 4) is 5.75 Å². The second-order valence-electron chi connectivity index (χ2n) is 1.97. The minimum Gasteiger partial charge on any atom is -1.00 e. The summed E-state index contributed by atoms with van der Waals surface area (Å²) in [5, 5.41) is 8.80. The minimum absolute atomic E-state index is 0. The molecule has 0 aliphatic rings. The summed E-state index contributed by atoms with van der Waals surface area (Å²) in [6.45, 7) is 0. The summed E-state index contributed by atoms with van der Waals surface area (Å²) in [6, 6.07) is 4.80. The van der Waals surface area contributed by atoms with Crippen LogP contribution in [0.25, 0.3) is 0 Å². The molecular weight excluding hydrogens is 175 g/mol. The van der Waals surface area contributed by atoms with Crippen molar-refractivity contribution in [2.45, 2.75) is 4.90 Å². The maximum atomic E-state index is 10.4. The molecule has 0 saturated carbocycles. The van der Waals surface area contributed by atoms with Crippen LogP contribution in [-0.2, 0) is 10.1 Å². The van der Waals surface area contributed by atoms with Gasteiger partial charge in [0, 0.05) is 6.07 Å². The van der Waals surface area contributed by atoms with Gasteiger partial charge < -0.3 is 6.53 Å². The largest absolute Gasteiger partial charge is 1.00 e. The van der Waals surface area contributed by atoms with E-state index < -0.39 is 10.1 Å².